The van der Waals surface area contributed by atoms with Crippen LogP contribution in [0, 0.1) is 5.92 Å². The number of para-hydroxylation sites is 1. The van der Waals surface area contributed by atoms with Crippen LogP contribution in [-0.2, 0) is 0 Å². The Morgan fingerprint density at radius 2 is 1.90 bits per heavy atom. The number of nitrogens with one attached hydrogen (secondary N) is 1. The van der Waals surface area contributed by atoms with Crippen LogP contribution < -0.4 is 5.32 Å². The Bertz CT molecular complexity index is 494. The van der Waals surface area contributed by atoms with Crippen molar-refractivity contribution < 1.29 is 18.0 Å². The number of amides is 1. The van der Waals surface area contributed by atoms with Crippen molar-refractivity contribution in [3.8, 4) is 0 Å². The normalized spacial score (nSPS) is 16.9. The summed E-state index contributed by atoms with van der Waals surface area (Å²) in [4.78, 5) is 14.0. The van der Waals surface area contributed by atoms with E-state index in [0.717, 1.165) is 5.69 Å². The summed E-state index contributed by atoms with van der Waals surface area (Å²) in [5.41, 5.74) is 1.24. The first-order valence-corrected chi connectivity index (χ1v) is 7.12. The van der Waals surface area contributed by atoms with Gasteiger partial charge in [0.2, 0.25) is 0 Å². The Morgan fingerprint density at radius 1 is 1.29 bits per heavy atom. The smallest absolute Gasteiger partial charge is 0.385 e. The lowest BCUT2D eigenvalue weighted by Gasteiger charge is -2.33. The van der Waals surface area contributed by atoms with E-state index in [-0.39, 0.29) is 31.8 Å². The van der Waals surface area contributed by atoms with E-state index in [1.165, 1.54) is 4.90 Å². The average Bonchev–Trinajstić information content (AvgIpc) is 2.47. The molecule has 0 bridgehead atoms. The summed E-state index contributed by atoms with van der Waals surface area (Å²) < 4.78 is 37.9. The molecular weight excluding hydrogens is 281 g/mol. The van der Waals surface area contributed by atoms with Crippen molar-refractivity contribution in [1.82, 2.24) is 4.90 Å². The van der Waals surface area contributed by atoms with Gasteiger partial charge in [0, 0.05) is 25.3 Å². The summed E-state index contributed by atoms with van der Waals surface area (Å²) in [7, 11) is 0. The Hall–Kier alpha value is -1.72. The van der Waals surface area contributed by atoms with Crippen LogP contribution in [-0.4, -0.2) is 36.6 Å². The predicted octanol–water partition coefficient (Wildman–Crippen LogP) is 3.53. The number of carbonyl (C=O) groups excluding carboxylic acids is 1. The lowest BCUT2D eigenvalue weighted by atomic mass is 9.95. The molecule has 1 amide bonds. The molecule has 1 aromatic rings. The molecule has 2 rings (SSSR count). The van der Waals surface area contributed by atoms with Crippen molar-refractivity contribution in [3.63, 3.8) is 0 Å². The second-order valence-electron chi connectivity index (χ2n) is 5.18. The SMILES string of the molecule is CCNc1ccccc1C(=O)N1CCC(C(F)(F)F)CC1. The van der Waals surface area contributed by atoms with Gasteiger partial charge in [-0.25, -0.2) is 0 Å². The van der Waals surface area contributed by atoms with Crippen LogP contribution >= 0.6 is 0 Å². The Balaban J connectivity index is 2.06. The Morgan fingerprint density at radius 3 is 2.48 bits per heavy atom. The van der Waals surface area contributed by atoms with Crippen molar-refractivity contribution >= 4 is 11.6 Å². The number of likely N-dealkylation sites (tertiary alicyclic amines) is 1. The first-order chi connectivity index (χ1) is 9.93. The molecule has 116 valence electrons. The highest BCUT2D eigenvalue weighted by Gasteiger charge is 2.41. The third-order valence-corrected chi connectivity index (χ3v) is 3.77. The monoisotopic (exact) mass is 300 g/mol. The lowest BCUT2D eigenvalue weighted by molar-refractivity contribution is -0.183. The van der Waals surface area contributed by atoms with Gasteiger partial charge >= 0.3 is 6.18 Å². The molecule has 1 aliphatic rings. The zero-order valence-electron chi connectivity index (χ0n) is 11.9. The average molecular weight is 300 g/mol. The van der Waals surface area contributed by atoms with Gasteiger partial charge in [0.05, 0.1) is 11.5 Å². The number of hydrogen-bond acceptors (Lipinski definition) is 2. The van der Waals surface area contributed by atoms with Gasteiger partial charge in [0.25, 0.3) is 5.91 Å². The largest absolute Gasteiger partial charge is 0.391 e. The summed E-state index contributed by atoms with van der Waals surface area (Å²) in [6.07, 6.45) is -4.19. The van der Waals surface area contributed by atoms with E-state index in [2.05, 4.69) is 5.32 Å². The molecule has 1 N–H and O–H groups in total. The van der Waals surface area contributed by atoms with Gasteiger partial charge in [-0.05, 0) is 31.9 Å². The van der Waals surface area contributed by atoms with Crippen molar-refractivity contribution in [1.29, 1.82) is 0 Å². The number of nitrogens with zero attached hydrogens (tertiary/aromatic N) is 1. The molecule has 0 unspecified atom stereocenters. The van der Waals surface area contributed by atoms with E-state index in [0.29, 0.717) is 12.1 Å². The quantitative estimate of drug-likeness (QED) is 0.926. The minimum absolute atomic E-state index is 0.0153. The molecular formula is C15H19F3N2O. The first kappa shape index (κ1) is 15.7. The number of rotatable bonds is 3. The summed E-state index contributed by atoms with van der Waals surface area (Å²) in [5, 5.41) is 3.10. The fraction of sp³-hybridized carbons (Fsp3) is 0.533. The Kier molecular flexibility index (Phi) is 4.75. The third-order valence-electron chi connectivity index (χ3n) is 3.77. The second kappa shape index (κ2) is 6.37. The molecule has 0 radical (unpaired) electrons. The molecule has 0 saturated carbocycles. The van der Waals surface area contributed by atoms with E-state index >= 15 is 0 Å². The van der Waals surface area contributed by atoms with Crippen LogP contribution in [0.15, 0.2) is 24.3 Å². The van der Waals surface area contributed by atoms with E-state index in [4.69, 9.17) is 0 Å². The van der Waals surface area contributed by atoms with Crippen molar-refractivity contribution in [2.24, 2.45) is 5.92 Å². The number of halogens is 3. The van der Waals surface area contributed by atoms with Crippen LogP contribution in [0.4, 0.5) is 18.9 Å². The Labute approximate surface area is 122 Å². The molecule has 1 heterocycles. The summed E-state index contributed by atoms with van der Waals surface area (Å²) in [6.45, 7) is 2.92. The number of hydrogen-bond donors (Lipinski definition) is 1. The van der Waals surface area contributed by atoms with Gasteiger partial charge in [0.1, 0.15) is 0 Å². The van der Waals surface area contributed by atoms with Crippen LogP contribution in [0.1, 0.15) is 30.1 Å². The number of alkyl halides is 3. The van der Waals surface area contributed by atoms with Gasteiger partial charge < -0.3 is 10.2 Å². The molecule has 21 heavy (non-hydrogen) atoms. The molecule has 3 nitrogen and oxygen atoms in total. The first-order valence-electron chi connectivity index (χ1n) is 7.12. The maximum absolute atomic E-state index is 12.6. The van der Waals surface area contributed by atoms with Gasteiger partial charge in [-0.3, -0.25) is 4.79 Å². The molecule has 0 aromatic heterocycles. The van der Waals surface area contributed by atoms with Crippen LogP contribution in [0.5, 0.6) is 0 Å². The highest BCUT2D eigenvalue weighted by molar-refractivity contribution is 5.99. The molecule has 1 saturated heterocycles. The minimum Gasteiger partial charge on any atom is -0.385 e. The van der Waals surface area contributed by atoms with Gasteiger partial charge in [0.15, 0.2) is 0 Å². The molecule has 0 spiro atoms. The number of anilines is 1. The maximum atomic E-state index is 12.6. The molecule has 6 heteroatoms. The number of carbonyl (C=O) groups is 1. The fourth-order valence-corrected chi connectivity index (χ4v) is 2.59. The zero-order chi connectivity index (χ0) is 15.5. The van der Waals surface area contributed by atoms with Gasteiger partial charge in [-0.1, -0.05) is 12.1 Å². The summed E-state index contributed by atoms with van der Waals surface area (Å²) in [6, 6.07) is 7.09. The predicted molar refractivity (Wildman–Crippen MR) is 75.3 cm³/mol. The third kappa shape index (κ3) is 3.68. The van der Waals surface area contributed by atoms with Gasteiger partial charge in [-0.15, -0.1) is 0 Å². The standard InChI is InChI=1S/C15H19F3N2O/c1-2-19-13-6-4-3-5-12(13)14(21)20-9-7-11(8-10-20)15(16,17)18/h3-6,11,19H,2,7-10H2,1H3. The van der Waals surface area contributed by atoms with E-state index in [1.807, 2.05) is 13.0 Å². The van der Waals surface area contributed by atoms with Crippen LogP contribution in [0.2, 0.25) is 0 Å². The minimum atomic E-state index is -4.16. The molecule has 1 fully saturated rings. The summed E-state index contributed by atoms with van der Waals surface area (Å²) >= 11 is 0. The molecule has 1 aliphatic heterocycles. The topological polar surface area (TPSA) is 32.3 Å². The van der Waals surface area contributed by atoms with Crippen LogP contribution in [0.3, 0.4) is 0 Å². The summed E-state index contributed by atoms with van der Waals surface area (Å²) in [5.74, 6) is -1.49. The van der Waals surface area contributed by atoms with E-state index in [9.17, 15) is 18.0 Å². The van der Waals surface area contributed by atoms with Crippen molar-refractivity contribution in [2.45, 2.75) is 25.9 Å². The second-order valence-corrected chi connectivity index (χ2v) is 5.18. The van der Waals surface area contributed by atoms with Crippen LogP contribution in [0.25, 0.3) is 0 Å². The number of benzene rings is 1. The van der Waals surface area contributed by atoms with E-state index in [1.54, 1.807) is 18.2 Å². The zero-order valence-corrected chi connectivity index (χ0v) is 11.9. The van der Waals surface area contributed by atoms with Gasteiger partial charge in [-0.2, -0.15) is 13.2 Å². The molecule has 1 aromatic carbocycles. The molecule has 0 atom stereocenters. The van der Waals surface area contributed by atoms with E-state index < -0.39 is 12.1 Å². The number of piperidine rings is 1. The molecule has 0 aliphatic carbocycles. The van der Waals surface area contributed by atoms with Crippen molar-refractivity contribution in [3.05, 3.63) is 29.8 Å². The maximum Gasteiger partial charge on any atom is 0.391 e. The lowest BCUT2D eigenvalue weighted by Crippen LogP contribution is -2.42. The fourth-order valence-electron chi connectivity index (χ4n) is 2.59. The highest BCUT2D eigenvalue weighted by atomic mass is 19.4. The van der Waals surface area contributed by atoms with Crippen molar-refractivity contribution in [2.75, 3.05) is 25.0 Å². The highest BCUT2D eigenvalue weighted by Crippen LogP contribution is 2.34.